The number of amides is 2. The Labute approximate surface area is 155 Å². The number of carbonyl (C=O) groups excluding carboxylic acids is 2. The summed E-state index contributed by atoms with van der Waals surface area (Å²) in [7, 11) is 0. The number of carbonyl (C=O) groups is 2. The van der Waals surface area contributed by atoms with E-state index < -0.39 is 0 Å². The number of hydrogen-bond donors (Lipinski definition) is 2. The SMILES string of the molecule is Cc1ccc(/C=C/C(=O)NNC(=O)CC23CC4CC(CC(C4)C2)C3)cc1. The molecule has 2 N–H and O–H groups in total. The van der Waals surface area contributed by atoms with Crippen LogP contribution in [0.4, 0.5) is 0 Å². The van der Waals surface area contributed by atoms with Gasteiger partial charge < -0.3 is 0 Å². The molecule has 0 atom stereocenters. The zero-order valence-corrected chi connectivity index (χ0v) is 15.5. The molecule has 5 rings (SSSR count). The molecule has 1 aromatic carbocycles. The van der Waals surface area contributed by atoms with Crippen molar-refractivity contribution in [1.82, 2.24) is 10.9 Å². The van der Waals surface area contributed by atoms with Crippen molar-refractivity contribution in [2.45, 2.75) is 51.9 Å². The molecular weight excluding hydrogens is 324 g/mol. The van der Waals surface area contributed by atoms with Gasteiger partial charge in [0.1, 0.15) is 0 Å². The molecule has 4 nitrogen and oxygen atoms in total. The second-order valence-electron chi connectivity index (χ2n) is 8.88. The third kappa shape index (κ3) is 3.84. The lowest BCUT2D eigenvalue weighted by molar-refractivity contribution is -0.133. The summed E-state index contributed by atoms with van der Waals surface area (Å²) < 4.78 is 0. The fourth-order valence-electron chi connectivity index (χ4n) is 5.91. The number of nitrogens with one attached hydrogen (secondary N) is 2. The molecule has 138 valence electrons. The van der Waals surface area contributed by atoms with Gasteiger partial charge >= 0.3 is 0 Å². The van der Waals surface area contributed by atoms with Gasteiger partial charge in [-0.15, -0.1) is 0 Å². The summed E-state index contributed by atoms with van der Waals surface area (Å²) >= 11 is 0. The van der Waals surface area contributed by atoms with Crippen LogP contribution in [0.25, 0.3) is 6.08 Å². The second kappa shape index (κ2) is 6.90. The average Bonchev–Trinajstić information content (AvgIpc) is 2.58. The first-order chi connectivity index (χ1) is 12.5. The lowest BCUT2D eigenvalue weighted by Crippen LogP contribution is -2.49. The van der Waals surface area contributed by atoms with Gasteiger partial charge in [-0.25, -0.2) is 0 Å². The van der Waals surface area contributed by atoms with Gasteiger partial charge in [0, 0.05) is 12.5 Å². The minimum Gasteiger partial charge on any atom is -0.273 e. The first-order valence-electron chi connectivity index (χ1n) is 9.83. The van der Waals surface area contributed by atoms with Crippen molar-refractivity contribution in [3.05, 3.63) is 41.5 Å². The summed E-state index contributed by atoms with van der Waals surface area (Å²) in [5, 5.41) is 0. The highest BCUT2D eigenvalue weighted by Crippen LogP contribution is 2.61. The molecular formula is C22H28N2O2. The summed E-state index contributed by atoms with van der Waals surface area (Å²) in [5.74, 6) is 2.15. The van der Waals surface area contributed by atoms with E-state index in [0.29, 0.717) is 6.42 Å². The van der Waals surface area contributed by atoms with Crippen molar-refractivity contribution < 1.29 is 9.59 Å². The maximum atomic E-state index is 12.4. The predicted octanol–water partition coefficient (Wildman–Crippen LogP) is 3.76. The van der Waals surface area contributed by atoms with E-state index in [1.807, 2.05) is 31.2 Å². The minimum absolute atomic E-state index is 0.0518. The maximum absolute atomic E-state index is 12.4. The smallest absolute Gasteiger partial charge is 0.262 e. The molecule has 0 aromatic heterocycles. The van der Waals surface area contributed by atoms with Crippen LogP contribution in [0, 0.1) is 30.1 Å². The van der Waals surface area contributed by atoms with E-state index in [4.69, 9.17) is 0 Å². The van der Waals surface area contributed by atoms with Crippen molar-refractivity contribution in [3.63, 3.8) is 0 Å². The first kappa shape index (κ1) is 17.3. The van der Waals surface area contributed by atoms with E-state index in [1.54, 1.807) is 6.08 Å². The van der Waals surface area contributed by atoms with Crippen LogP contribution in [-0.2, 0) is 9.59 Å². The van der Waals surface area contributed by atoms with E-state index in [1.165, 1.54) is 50.2 Å². The fraction of sp³-hybridized carbons (Fsp3) is 0.545. The Hall–Kier alpha value is -2.10. The molecule has 0 radical (unpaired) electrons. The Kier molecular flexibility index (Phi) is 4.60. The number of benzene rings is 1. The topological polar surface area (TPSA) is 58.2 Å². The molecule has 2 amide bonds. The van der Waals surface area contributed by atoms with Crippen LogP contribution in [-0.4, -0.2) is 11.8 Å². The van der Waals surface area contributed by atoms with E-state index in [0.717, 1.165) is 23.3 Å². The summed E-state index contributed by atoms with van der Waals surface area (Å²) in [5.41, 5.74) is 7.48. The minimum atomic E-state index is -0.301. The highest BCUT2D eigenvalue weighted by Gasteiger charge is 2.51. The van der Waals surface area contributed by atoms with Crippen LogP contribution >= 0.6 is 0 Å². The molecule has 4 aliphatic carbocycles. The summed E-state index contributed by atoms with van der Waals surface area (Å²) in [6, 6.07) is 7.94. The zero-order chi connectivity index (χ0) is 18.1. The van der Waals surface area contributed by atoms with Gasteiger partial charge in [-0.2, -0.15) is 0 Å². The van der Waals surface area contributed by atoms with Crippen LogP contribution in [0.5, 0.6) is 0 Å². The van der Waals surface area contributed by atoms with Crippen LogP contribution in [0.1, 0.15) is 56.1 Å². The second-order valence-corrected chi connectivity index (χ2v) is 8.88. The zero-order valence-electron chi connectivity index (χ0n) is 15.5. The summed E-state index contributed by atoms with van der Waals surface area (Å²) in [6.45, 7) is 2.03. The normalized spacial score (nSPS) is 32.0. The number of hydrogen-bond acceptors (Lipinski definition) is 2. The first-order valence-corrected chi connectivity index (χ1v) is 9.83. The maximum Gasteiger partial charge on any atom is 0.262 e. The molecule has 4 heteroatoms. The van der Waals surface area contributed by atoms with Crippen molar-refractivity contribution in [1.29, 1.82) is 0 Å². The lowest BCUT2D eigenvalue weighted by atomic mass is 9.49. The third-order valence-electron chi connectivity index (χ3n) is 6.53. The summed E-state index contributed by atoms with van der Waals surface area (Å²) in [6.07, 6.45) is 11.5. The number of aryl methyl sites for hydroxylation is 1. The molecule has 4 aliphatic rings. The monoisotopic (exact) mass is 352 g/mol. The molecule has 0 spiro atoms. The summed E-state index contributed by atoms with van der Waals surface area (Å²) in [4.78, 5) is 24.3. The van der Waals surface area contributed by atoms with E-state index in [2.05, 4.69) is 10.9 Å². The molecule has 26 heavy (non-hydrogen) atoms. The van der Waals surface area contributed by atoms with Gasteiger partial charge in [0.15, 0.2) is 0 Å². The molecule has 0 unspecified atom stereocenters. The molecule has 0 heterocycles. The highest BCUT2D eigenvalue weighted by atomic mass is 16.2. The Morgan fingerprint density at radius 1 is 1.00 bits per heavy atom. The molecule has 4 fully saturated rings. The molecule has 0 saturated heterocycles. The van der Waals surface area contributed by atoms with E-state index >= 15 is 0 Å². The lowest BCUT2D eigenvalue weighted by Gasteiger charge is -2.56. The van der Waals surface area contributed by atoms with Crippen LogP contribution in [0.3, 0.4) is 0 Å². The predicted molar refractivity (Wildman–Crippen MR) is 102 cm³/mol. The van der Waals surface area contributed by atoms with Crippen molar-refractivity contribution in [2.24, 2.45) is 23.2 Å². The molecule has 0 aliphatic heterocycles. The van der Waals surface area contributed by atoms with Gasteiger partial charge in [-0.05, 0) is 80.3 Å². The quantitative estimate of drug-likeness (QED) is 0.640. The number of hydrazine groups is 1. The number of rotatable bonds is 4. The van der Waals surface area contributed by atoms with Crippen molar-refractivity contribution >= 4 is 17.9 Å². The van der Waals surface area contributed by atoms with Gasteiger partial charge in [0.05, 0.1) is 0 Å². The van der Waals surface area contributed by atoms with E-state index in [-0.39, 0.29) is 17.2 Å². The van der Waals surface area contributed by atoms with Crippen LogP contribution in [0.2, 0.25) is 0 Å². The largest absolute Gasteiger partial charge is 0.273 e. The highest BCUT2D eigenvalue weighted by molar-refractivity contribution is 5.93. The Morgan fingerprint density at radius 2 is 1.58 bits per heavy atom. The Bertz CT molecular complexity index is 685. The standard InChI is InChI=1S/C22H28N2O2/c1-15-2-4-16(5-3-15)6-7-20(25)23-24-21(26)14-22-11-17-8-18(12-22)10-19(9-17)13-22/h2-7,17-19H,8-14H2,1H3,(H,23,25)(H,24,26)/b7-6+. The van der Waals surface area contributed by atoms with Gasteiger partial charge in [0.2, 0.25) is 5.91 Å². The van der Waals surface area contributed by atoms with Gasteiger partial charge in [0.25, 0.3) is 5.91 Å². The molecule has 4 saturated carbocycles. The average molecular weight is 352 g/mol. The van der Waals surface area contributed by atoms with Crippen molar-refractivity contribution in [3.8, 4) is 0 Å². The molecule has 4 bridgehead atoms. The van der Waals surface area contributed by atoms with Gasteiger partial charge in [-0.3, -0.25) is 20.4 Å². The van der Waals surface area contributed by atoms with Crippen LogP contribution < -0.4 is 10.9 Å². The van der Waals surface area contributed by atoms with Crippen molar-refractivity contribution in [2.75, 3.05) is 0 Å². The van der Waals surface area contributed by atoms with Gasteiger partial charge in [-0.1, -0.05) is 29.8 Å². The fourth-order valence-corrected chi connectivity index (χ4v) is 5.91. The third-order valence-corrected chi connectivity index (χ3v) is 6.53. The Balaban J connectivity index is 1.26. The van der Waals surface area contributed by atoms with E-state index in [9.17, 15) is 9.59 Å². The Morgan fingerprint density at radius 3 is 2.15 bits per heavy atom. The van der Waals surface area contributed by atoms with Crippen LogP contribution in [0.15, 0.2) is 30.3 Å². The molecule has 1 aromatic rings.